The molecule has 0 aliphatic carbocycles. The molecule has 1 aromatic heterocycles. The molecule has 3 N–H and O–H groups in total. The predicted molar refractivity (Wildman–Crippen MR) is 186 cm³/mol. The number of benzene rings is 5. The van der Waals surface area contributed by atoms with Crippen LogP contribution in [-0.4, -0.2) is 35.6 Å². The summed E-state index contributed by atoms with van der Waals surface area (Å²) in [6.45, 7) is 0. The first-order valence-electron chi connectivity index (χ1n) is 14.3. The fourth-order valence-corrected chi connectivity index (χ4v) is 6.39. The molecule has 0 radical (unpaired) electrons. The van der Waals surface area contributed by atoms with E-state index in [2.05, 4.69) is 20.9 Å². The van der Waals surface area contributed by atoms with E-state index in [1.165, 1.54) is 23.1 Å². The van der Waals surface area contributed by atoms with Gasteiger partial charge in [-0.25, -0.2) is 4.98 Å². The van der Waals surface area contributed by atoms with Gasteiger partial charge in [0.25, 0.3) is 11.8 Å². The van der Waals surface area contributed by atoms with Crippen LogP contribution in [0.15, 0.2) is 126 Å². The Morgan fingerprint density at radius 3 is 2.48 bits per heavy atom. The summed E-state index contributed by atoms with van der Waals surface area (Å²) in [6.07, 6.45) is 1.68. The third-order valence-corrected chi connectivity index (χ3v) is 8.88. The summed E-state index contributed by atoms with van der Waals surface area (Å²) in [4.78, 5) is 44.7. The van der Waals surface area contributed by atoms with E-state index in [-0.39, 0.29) is 17.4 Å². The minimum atomic E-state index is -0.482. The van der Waals surface area contributed by atoms with Crippen LogP contribution in [-0.2, 0) is 9.59 Å². The maximum Gasteiger partial charge on any atom is 0.272 e. The van der Waals surface area contributed by atoms with Crippen LogP contribution in [0.5, 0.6) is 5.75 Å². The average molecular weight is 645 g/mol. The first kappa shape index (κ1) is 30.6. The van der Waals surface area contributed by atoms with Crippen molar-refractivity contribution in [2.45, 2.75) is 4.90 Å². The maximum atomic E-state index is 13.6. The van der Waals surface area contributed by atoms with Gasteiger partial charge in [0, 0.05) is 16.1 Å². The van der Waals surface area contributed by atoms with E-state index in [0.717, 1.165) is 37.2 Å². The van der Waals surface area contributed by atoms with Gasteiger partial charge in [0.1, 0.15) is 11.4 Å². The van der Waals surface area contributed by atoms with Gasteiger partial charge in [-0.05, 0) is 70.9 Å². The van der Waals surface area contributed by atoms with Crippen molar-refractivity contribution >= 4 is 78.7 Å². The molecule has 0 aliphatic heterocycles. The summed E-state index contributed by atoms with van der Waals surface area (Å²) in [5.74, 6) is -0.203. The summed E-state index contributed by atoms with van der Waals surface area (Å²) in [6, 6.07) is 35.2. The fourth-order valence-electron chi connectivity index (χ4n) is 4.73. The summed E-state index contributed by atoms with van der Waals surface area (Å²) >= 11 is 2.71. The van der Waals surface area contributed by atoms with Crippen LogP contribution in [0.25, 0.3) is 27.1 Å². The number of thiazole rings is 1. The van der Waals surface area contributed by atoms with E-state index in [4.69, 9.17) is 4.74 Å². The second-order valence-electron chi connectivity index (χ2n) is 10.1. The summed E-state index contributed by atoms with van der Waals surface area (Å²) in [7, 11) is 1.61. The summed E-state index contributed by atoms with van der Waals surface area (Å²) < 4.78 is 6.18. The molecule has 6 rings (SSSR count). The standard InChI is InChI=1S/C36H28N4O4S2/c1-44-27-17-18-30-32(21-27)46-36(39-30)40-33(41)22-45-28-15-8-14-26(20-28)37-35(43)31(38-34(42)24-10-3-2-4-11-24)19-25-13-7-12-23-9-5-6-16-29(23)25/h2-21H,22H2,1H3,(H,37,43)(H,38,42)(H,39,40,41)/b31-19+. The van der Waals surface area contributed by atoms with Crippen LogP contribution in [0.1, 0.15) is 15.9 Å². The molecule has 1 heterocycles. The van der Waals surface area contributed by atoms with Crippen LogP contribution in [0.4, 0.5) is 10.8 Å². The van der Waals surface area contributed by atoms with Gasteiger partial charge in [-0.15, -0.1) is 11.8 Å². The molecule has 46 heavy (non-hydrogen) atoms. The van der Waals surface area contributed by atoms with Crippen molar-refractivity contribution in [3.8, 4) is 5.75 Å². The number of carbonyl (C=O) groups excluding carboxylic acids is 3. The Bertz CT molecular complexity index is 2090. The number of aromatic nitrogens is 1. The number of rotatable bonds is 10. The normalized spacial score (nSPS) is 11.3. The molecule has 0 saturated carbocycles. The zero-order chi connectivity index (χ0) is 31.9. The molecule has 0 bridgehead atoms. The molecular formula is C36H28N4O4S2. The molecule has 5 aromatic carbocycles. The fraction of sp³-hybridized carbons (Fsp3) is 0.0556. The predicted octanol–water partition coefficient (Wildman–Crippen LogP) is 7.60. The molecule has 8 nitrogen and oxygen atoms in total. The number of nitrogens with zero attached hydrogens (tertiary/aromatic N) is 1. The lowest BCUT2D eigenvalue weighted by molar-refractivity contribution is -0.114. The number of amides is 3. The average Bonchev–Trinajstić information content (AvgIpc) is 3.49. The highest BCUT2D eigenvalue weighted by molar-refractivity contribution is 8.00. The quantitative estimate of drug-likeness (QED) is 0.105. The Labute approximate surface area is 273 Å². The highest BCUT2D eigenvalue weighted by Gasteiger charge is 2.16. The van der Waals surface area contributed by atoms with Crippen LogP contribution in [0.3, 0.4) is 0 Å². The second-order valence-corrected chi connectivity index (χ2v) is 12.2. The Morgan fingerprint density at radius 2 is 1.63 bits per heavy atom. The molecule has 0 spiro atoms. The van der Waals surface area contributed by atoms with Gasteiger partial charge >= 0.3 is 0 Å². The molecule has 0 fully saturated rings. The van der Waals surface area contributed by atoms with Crippen molar-refractivity contribution in [1.82, 2.24) is 10.3 Å². The van der Waals surface area contributed by atoms with Crippen molar-refractivity contribution in [3.05, 3.63) is 132 Å². The van der Waals surface area contributed by atoms with Crippen molar-refractivity contribution in [2.75, 3.05) is 23.5 Å². The number of thioether (sulfide) groups is 1. The first-order valence-corrected chi connectivity index (χ1v) is 16.1. The number of fused-ring (bicyclic) bond motifs is 2. The van der Waals surface area contributed by atoms with Gasteiger partial charge < -0.3 is 20.7 Å². The van der Waals surface area contributed by atoms with Gasteiger partial charge in [-0.1, -0.05) is 78.1 Å². The van der Waals surface area contributed by atoms with Gasteiger partial charge in [0.05, 0.1) is 23.1 Å². The van der Waals surface area contributed by atoms with Gasteiger partial charge in [0.15, 0.2) is 5.13 Å². The lowest BCUT2D eigenvalue weighted by Crippen LogP contribution is -2.30. The van der Waals surface area contributed by atoms with Crippen molar-refractivity contribution in [3.63, 3.8) is 0 Å². The highest BCUT2D eigenvalue weighted by atomic mass is 32.2. The van der Waals surface area contributed by atoms with Crippen LogP contribution in [0.2, 0.25) is 0 Å². The van der Waals surface area contributed by atoms with E-state index in [0.29, 0.717) is 16.4 Å². The SMILES string of the molecule is COc1ccc2nc(NC(=O)CSc3cccc(NC(=O)/C(=C\c4cccc5ccccc45)NC(=O)c4ccccc4)c3)sc2c1. The number of hydrogen-bond donors (Lipinski definition) is 3. The first-order chi connectivity index (χ1) is 22.4. The smallest absolute Gasteiger partial charge is 0.272 e. The zero-order valence-corrected chi connectivity index (χ0v) is 26.3. The zero-order valence-electron chi connectivity index (χ0n) is 24.7. The van der Waals surface area contributed by atoms with Crippen molar-refractivity contribution in [1.29, 1.82) is 0 Å². The third-order valence-electron chi connectivity index (χ3n) is 6.96. The molecular weight excluding hydrogens is 617 g/mol. The van der Waals surface area contributed by atoms with Crippen molar-refractivity contribution < 1.29 is 19.1 Å². The molecule has 0 saturated heterocycles. The molecule has 6 aromatic rings. The Kier molecular flexibility index (Phi) is 9.37. The monoisotopic (exact) mass is 644 g/mol. The lowest BCUT2D eigenvalue weighted by atomic mass is 10.0. The molecule has 0 atom stereocenters. The van der Waals surface area contributed by atoms with Crippen LogP contribution in [0, 0.1) is 0 Å². The van der Waals surface area contributed by atoms with E-state index >= 15 is 0 Å². The molecule has 228 valence electrons. The molecule has 0 unspecified atom stereocenters. The minimum Gasteiger partial charge on any atom is -0.497 e. The minimum absolute atomic E-state index is 0.0936. The number of nitrogens with one attached hydrogen (secondary N) is 3. The second kappa shape index (κ2) is 14.1. The Hall–Kier alpha value is -5.45. The molecule has 10 heteroatoms. The topological polar surface area (TPSA) is 109 Å². The van der Waals surface area contributed by atoms with Crippen LogP contribution >= 0.6 is 23.1 Å². The van der Waals surface area contributed by atoms with Gasteiger partial charge in [-0.2, -0.15) is 0 Å². The third kappa shape index (κ3) is 7.43. The van der Waals surface area contributed by atoms with E-state index in [1.807, 2.05) is 72.8 Å². The lowest BCUT2D eigenvalue weighted by Gasteiger charge is -2.13. The summed E-state index contributed by atoms with van der Waals surface area (Å²) in [5, 5.41) is 11.0. The molecule has 0 aliphatic rings. The Morgan fingerprint density at radius 1 is 0.848 bits per heavy atom. The number of methoxy groups -OCH3 is 1. The van der Waals surface area contributed by atoms with E-state index in [1.54, 1.807) is 55.7 Å². The number of hydrogen-bond acceptors (Lipinski definition) is 7. The maximum absolute atomic E-state index is 13.6. The largest absolute Gasteiger partial charge is 0.497 e. The number of ether oxygens (including phenoxy) is 1. The highest BCUT2D eigenvalue weighted by Crippen LogP contribution is 2.30. The van der Waals surface area contributed by atoms with Crippen LogP contribution < -0.4 is 20.7 Å². The van der Waals surface area contributed by atoms with Gasteiger partial charge in [-0.3, -0.25) is 14.4 Å². The number of anilines is 2. The number of carbonyl (C=O) groups is 3. The molecule has 3 amide bonds. The summed E-state index contributed by atoms with van der Waals surface area (Å²) in [5.41, 5.74) is 2.62. The van der Waals surface area contributed by atoms with Gasteiger partial charge in [0.2, 0.25) is 5.91 Å². The Balaban J connectivity index is 1.16. The van der Waals surface area contributed by atoms with Crippen molar-refractivity contribution in [2.24, 2.45) is 0 Å². The van der Waals surface area contributed by atoms with E-state index in [9.17, 15) is 14.4 Å². The van der Waals surface area contributed by atoms with E-state index < -0.39 is 11.8 Å².